The van der Waals surface area contributed by atoms with E-state index in [2.05, 4.69) is 15.0 Å². The SMILES string of the molecule is Cc1ncc2c(=O)[nH]c(Cl)nc2c1F. The van der Waals surface area contributed by atoms with Gasteiger partial charge >= 0.3 is 0 Å². The Morgan fingerprint density at radius 3 is 3.00 bits per heavy atom. The molecule has 0 unspecified atom stereocenters. The van der Waals surface area contributed by atoms with Crippen molar-refractivity contribution in [2.75, 3.05) is 0 Å². The normalized spacial score (nSPS) is 10.8. The van der Waals surface area contributed by atoms with Gasteiger partial charge in [-0.05, 0) is 18.5 Å². The summed E-state index contributed by atoms with van der Waals surface area (Å²) in [6.07, 6.45) is 1.27. The van der Waals surface area contributed by atoms with Gasteiger partial charge in [0, 0.05) is 6.20 Å². The van der Waals surface area contributed by atoms with E-state index in [9.17, 15) is 9.18 Å². The van der Waals surface area contributed by atoms with Crippen LogP contribution in [-0.4, -0.2) is 15.0 Å². The van der Waals surface area contributed by atoms with Crippen molar-refractivity contribution in [1.82, 2.24) is 15.0 Å². The van der Waals surface area contributed by atoms with E-state index in [-0.39, 0.29) is 21.9 Å². The maximum Gasteiger partial charge on any atom is 0.261 e. The molecule has 72 valence electrons. The standard InChI is InChI=1S/C8H5ClFN3O/c1-3-5(10)6-4(2-11-3)7(14)13-8(9)12-6/h2H,1H3,(H,12,13,14). The molecular weight excluding hydrogens is 209 g/mol. The average Bonchev–Trinajstić information content (AvgIpc) is 2.12. The minimum Gasteiger partial charge on any atom is -0.297 e. The fraction of sp³-hybridized carbons (Fsp3) is 0.125. The Hall–Kier alpha value is -1.49. The second-order valence-corrected chi connectivity index (χ2v) is 3.13. The molecule has 0 bridgehead atoms. The van der Waals surface area contributed by atoms with Gasteiger partial charge in [-0.25, -0.2) is 9.37 Å². The summed E-state index contributed by atoms with van der Waals surface area (Å²) in [6, 6.07) is 0. The lowest BCUT2D eigenvalue weighted by Gasteiger charge is -2.00. The van der Waals surface area contributed by atoms with Crippen LogP contribution in [0.3, 0.4) is 0 Å². The number of hydrogen-bond acceptors (Lipinski definition) is 3. The van der Waals surface area contributed by atoms with Gasteiger partial charge in [0.1, 0.15) is 5.52 Å². The van der Waals surface area contributed by atoms with Crippen LogP contribution >= 0.6 is 11.6 Å². The molecule has 0 radical (unpaired) electrons. The summed E-state index contributed by atoms with van der Waals surface area (Å²) in [5, 5.41) is -0.0375. The van der Waals surface area contributed by atoms with Crippen LogP contribution in [0.1, 0.15) is 5.69 Å². The number of pyridine rings is 1. The van der Waals surface area contributed by atoms with Crippen LogP contribution in [0.2, 0.25) is 5.28 Å². The predicted molar refractivity (Wildman–Crippen MR) is 49.9 cm³/mol. The van der Waals surface area contributed by atoms with E-state index in [1.54, 1.807) is 0 Å². The van der Waals surface area contributed by atoms with Crippen molar-refractivity contribution in [3.63, 3.8) is 0 Å². The van der Waals surface area contributed by atoms with E-state index < -0.39 is 11.4 Å². The zero-order chi connectivity index (χ0) is 10.3. The van der Waals surface area contributed by atoms with E-state index in [0.29, 0.717) is 0 Å². The minimum atomic E-state index is -0.615. The third-order valence-corrected chi connectivity index (χ3v) is 2.02. The number of aromatic nitrogens is 3. The molecule has 2 aromatic heterocycles. The fourth-order valence-electron chi connectivity index (χ4n) is 1.13. The van der Waals surface area contributed by atoms with E-state index in [1.165, 1.54) is 13.1 Å². The van der Waals surface area contributed by atoms with Crippen LogP contribution in [-0.2, 0) is 0 Å². The number of aryl methyl sites for hydroxylation is 1. The predicted octanol–water partition coefficient (Wildman–Crippen LogP) is 1.42. The minimum absolute atomic E-state index is 0.0498. The van der Waals surface area contributed by atoms with Crippen LogP contribution in [0.15, 0.2) is 11.0 Å². The Balaban J connectivity index is 3.03. The zero-order valence-electron chi connectivity index (χ0n) is 7.14. The number of H-pyrrole nitrogens is 1. The number of fused-ring (bicyclic) bond motifs is 1. The molecule has 0 saturated carbocycles. The number of aromatic amines is 1. The number of hydrogen-bond donors (Lipinski definition) is 1. The van der Waals surface area contributed by atoms with Gasteiger partial charge < -0.3 is 0 Å². The molecule has 0 atom stereocenters. The molecule has 6 heteroatoms. The van der Waals surface area contributed by atoms with Gasteiger partial charge in [-0.15, -0.1) is 0 Å². The second kappa shape index (κ2) is 3.02. The van der Waals surface area contributed by atoms with Crippen molar-refractivity contribution in [1.29, 1.82) is 0 Å². The summed E-state index contributed by atoms with van der Waals surface area (Å²) < 4.78 is 13.4. The first-order valence-corrected chi connectivity index (χ1v) is 4.18. The van der Waals surface area contributed by atoms with Gasteiger partial charge in [-0.1, -0.05) is 0 Å². The smallest absolute Gasteiger partial charge is 0.261 e. The van der Waals surface area contributed by atoms with Gasteiger partial charge in [0.15, 0.2) is 5.82 Å². The molecule has 1 N–H and O–H groups in total. The fourth-order valence-corrected chi connectivity index (χ4v) is 1.30. The average molecular weight is 214 g/mol. The lowest BCUT2D eigenvalue weighted by atomic mass is 10.2. The topological polar surface area (TPSA) is 58.6 Å². The highest BCUT2D eigenvalue weighted by Crippen LogP contribution is 2.14. The second-order valence-electron chi connectivity index (χ2n) is 2.78. The van der Waals surface area contributed by atoms with E-state index in [0.717, 1.165) is 0 Å². The highest BCUT2D eigenvalue weighted by atomic mass is 35.5. The van der Waals surface area contributed by atoms with Crippen molar-refractivity contribution < 1.29 is 4.39 Å². The molecule has 0 aliphatic rings. The first-order chi connectivity index (χ1) is 6.59. The third-order valence-electron chi connectivity index (χ3n) is 1.84. The van der Waals surface area contributed by atoms with Crippen LogP contribution in [0, 0.1) is 12.7 Å². The molecule has 4 nitrogen and oxygen atoms in total. The van der Waals surface area contributed by atoms with Crippen LogP contribution in [0.4, 0.5) is 4.39 Å². The molecule has 2 heterocycles. The zero-order valence-corrected chi connectivity index (χ0v) is 7.89. The number of nitrogens with zero attached hydrogens (tertiary/aromatic N) is 2. The molecule has 0 spiro atoms. The summed E-state index contributed by atoms with van der Waals surface area (Å²) in [6.45, 7) is 1.49. The molecule has 0 aromatic carbocycles. The van der Waals surface area contributed by atoms with Crippen LogP contribution < -0.4 is 5.56 Å². The van der Waals surface area contributed by atoms with Gasteiger partial charge in [0.25, 0.3) is 5.56 Å². The molecule has 0 saturated heterocycles. The lowest BCUT2D eigenvalue weighted by molar-refractivity contribution is 0.619. The highest BCUT2D eigenvalue weighted by Gasteiger charge is 2.10. The van der Waals surface area contributed by atoms with Crippen molar-refractivity contribution in [3.05, 3.63) is 33.3 Å². The van der Waals surface area contributed by atoms with Crippen molar-refractivity contribution in [2.45, 2.75) is 6.92 Å². The van der Waals surface area contributed by atoms with Crippen molar-refractivity contribution in [3.8, 4) is 0 Å². The third kappa shape index (κ3) is 1.26. The summed E-state index contributed by atoms with van der Waals surface area (Å²) in [7, 11) is 0. The Morgan fingerprint density at radius 2 is 2.29 bits per heavy atom. The summed E-state index contributed by atoms with van der Waals surface area (Å²) in [4.78, 5) is 20.9. The van der Waals surface area contributed by atoms with Gasteiger partial charge in [0.2, 0.25) is 5.28 Å². The maximum absolute atomic E-state index is 13.4. The molecule has 0 fully saturated rings. The molecule has 2 aromatic rings. The van der Waals surface area contributed by atoms with Gasteiger partial charge in [-0.2, -0.15) is 0 Å². The van der Waals surface area contributed by atoms with E-state index in [1.807, 2.05) is 0 Å². The molecule has 0 amide bonds. The van der Waals surface area contributed by atoms with Gasteiger partial charge in [0.05, 0.1) is 11.1 Å². The summed E-state index contributed by atoms with van der Waals surface area (Å²) >= 11 is 5.49. The highest BCUT2D eigenvalue weighted by molar-refractivity contribution is 6.28. The maximum atomic E-state index is 13.4. The van der Waals surface area contributed by atoms with E-state index >= 15 is 0 Å². The van der Waals surface area contributed by atoms with E-state index in [4.69, 9.17) is 11.6 Å². The van der Waals surface area contributed by atoms with Crippen LogP contribution in [0.5, 0.6) is 0 Å². The van der Waals surface area contributed by atoms with Crippen molar-refractivity contribution in [2.24, 2.45) is 0 Å². The molecular formula is C8H5ClFN3O. The first kappa shape index (κ1) is 9.08. The molecule has 0 aliphatic carbocycles. The summed E-state index contributed by atoms with van der Waals surface area (Å²) in [5.74, 6) is -0.615. The monoisotopic (exact) mass is 213 g/mol. The Labute approximate surface area is 82.8 Å². The summed E-state index contributed by atoms with van der Waals surface area (Å²) in [5.41, 5.74) is -0.357. The van der Waals surface area contributed by atoms with Crippen molar-refractivity contribution >= 4 is 22.5 Å². The number of rotatable bonds is 0. The number of halogens is 2. The lowest BCUT2D eigenvalue weighted by Crippen LogP contribution is -2.10. The van der Waals surface area contributed by atoms with Crippen LogP contribution in [0.25, 0.3) is 10.9 Å². The Kier molecular flexibility index (Phi) is 1.96. The van der Waals surface area contributed by atoms with Gasteiger partial charge in [-0.3, -0.25) is 14.8 Å². The molecule has 0 aliphatic heterocycles. The molecule has 2 rings (SSSR count). The quantitative estimate of drug-likeness (QED) is 0.674. The molecule has 14 heavy (non-hydrogen) atoms. The Morgan fingerprint density at radius 1 is 1.57 bits per heavy atom. The first-order valence-electron chi connectivity index (χ1n) is 3.80. The Bertz CT molecular complexity index is 566. The largest absolute Gasteiger partial charge is 0.297 e. The number of nitrogens with one attached hydrogen (secondary N) is 1.